The largest absolute Gasteiger partial charge is 0.447 e. The van der Waals surface area contributed by atoms with Crippen LogP contribution in [0.3, 0.4) is 0 Å². The molecule has 0 radical (unpaired) electrons. The van der Waals surface area contributed by atoms with Crippen molar-refractivity contribution in [1.29, 1.82) is 0 Å². The molecule has 0 spiro atoms. The molecule has 0 aromatic heterocycles. The standard InChI is InChI=1S/C21H26O/c1-5-8-12-21(16-17-22-7-3)19(6-2)14-15-20-13-10-9-11-18(20)4/h9-11,13H,5-8,12H2,1-4H3/b21-19-. The number of hydrogen-bond donors (Lipinski definition) is 0. The number of allylic oxidation sites excluding steroid dienone is 2. The molecule has 1 nitrogen and oxygen atoms in total. The van der Waals surface area contributed by atoms with Crippen molar-refractivity contribution in [2.45, 2.75) is 53.4 Å². The molecule has 1 rings (SSSR count). The topological polar surface area (TPSA) is 9.23 Å². The summed E-state index contributed by atoms with van der Waals surface area (Å²) in [5.74, 6) is 9.79. The van der Waals surface area contributed by atoms with Crippen LogP contribution in [0.4, 0.5) is 0 Å². The number of hydrogen-bond acceptors (Lipinski definition) is 1. The van der Waals surface area contributed by atoms with Crippen molar-refractivity contribution in [1.82, 2.24) is 0 Å². The molecule has 0 aliphatic heterocycles. The second-order valence-corrected chi connectivity index (χ2v) is 5.14. The van der Waals surface area contributed by atoms with Crippen molar-refractivity contribution >= 4 is 0 Å². The fourth-order valence-corrected chi connectivity index (χ4v) is 2.05. The average molecular weight is 294 g/mol. The Balaban J connectivity index is 3.11. The molecule has 0 amide bonds. The van der Waals surface area contributed by atoms with Gasteiger partial charge in [-0.3, -0.25) is 0 Å². The Morgan fingerprint density at radius 3 is 2.45 bits per heavy atom. The Morgan fingerprint density at radius 1 is 1.05 bits per heavy atom. The summed E-state index contributed by atoms with van der Waals surface area (Å²) in [4.78, 5) is 0. The Labute approximate surface area is 135 Å². The van der Waals surface area contributed by atoms with Crippen molar-refractivity contribution in [3.05, 3.63) is 46.5 Å². The lowest BCUT2D eigenvalue weighted by Crippen LogP contribution is -1.90. The lowest BCUT2D eigenvalue weighted by Gasteiger charge is -2.03. The maximum atomic E-state index is 5.18. The van der Waals surface area contributed by atoms with Gasteiger partial charge in [0.1, 0.15) is 6.11 Å². The van der Waals surface area contributed by atoms with Gasteiger partial charge in [0, 0.05) is 16.7 Å². The molecule has 0 aliphatic carbocycles. The SMILES string of the molecule is CCCC/C(C#COCC)=C(/C#Cc1ccccc1C)CC. The van der Waals surface area contributed by atoms with E-state index in [4.69, 9.17) is 4.74 Å². The van der Waals surface area contributed by atoms with Gasteiger partial charge in [-0.2, -0.15) is 0 Å². The highest BCUT2D eigenvalue weighted by molar-refractivity contribution is 5.48. The Bertz CT molecular complexity index is 615. The molecule has 0 heterocycles. The molecule has 116 valence electrons. The summed E-state index contributed by atoms with van der Waals surface area (Å²) < 4.78 is 5.18. The molecule has 22 heavy (non-hydrogen) atoms. The van der Waals surface area contributed by atoms with Gasteiger partial charge in [-0.25, -0.2) is 0 Å². The van der Waals surface area contributed by atoms with E-state index in [0.717, 1.165) is 42.4 Å². The van der Waals surface area contributed by atoms with Gasteiger partial charge in [-0.05, 0) is 50.7 Å². The molecule has 0 fully saturated rings. The van der Waals surface area contributed by atoms with E-state index < -0.39 is 0 Å². The maximum absolute atomic E-state index is 5.18. The first kappa shape index (κ1) is 17.9. The summed E-state index contributed by atoms with van der Waals surface area (Å²) in [5.41, 5.74) is 4.55. The van der Waals surface area contributed by atoms with E-state index in [1.54, 1.807) is 0 Å². The molecule has 1 heteroatoms. The fourth-order valence-electron chi connectivity index (χ4n) is 2.05. The van der Waals surface area contributed by atoms with Crippen LogP contribution in [0, 0.1) is 30.8 Å². The molecule has 0 N–H and O–H groups in total. The third-order valence-electron chi connectivity index (χ3n) is 3.41. The first-order valence-corrected chi connectivity index (χ1v) is 8.15. The second-order valence-electron chi connectivity index (χ2n) is 5.14. The number of rotatable bonds is 5. The zero-order valence-electron chi connectivity index (χ0n) is 14.3. The quantitative estimate of drug-likeness (QED) is 0.675. The molecule has 0 atom stereocenters. The van der Waals surface area contributed by atoms with Crippen molar-refractivity contribution < 1.29 is 4.74 Å². The van der Waals surface area contributed by atoms with Crippen LogP contribution in [0.15, 0.2) is 35.4 Å². The van der Waals surface area contributed by atoms with Crippen LogP contribution in [-0.2, 0) is 4.74 Å². The lowest BCUT2D eigenvalue weighted by atomic mass is 10.0. The van der Waals surface area contributed by atoms with Crippen LogP contribution < -0.4 is 0 Å². The number of aryl methyl sites for hydroxylation is 1. The van der Waals surface area contributed by atoms with Gasteiger partial charge >= 0.3 is 0 Å². The van der Waals surface area contributed by atoms with E-state index in [9.17, 15) is 0 Å². The van der Waals surface area contributed by atoms with Gasteiger partial charge in [-0.1, -0.05) is 50.3 Å². The average Bonchev–Trinajstić information content (AvgIpc) is 2.54. The normalized spacial score (nSPS) is 10.7. The van der Waals surface area contributed by atoms with Crippen molar-refractivity contribution in [3.63, 3.8) is 0 Å². The molecule has 1 aromatic rings. The Kier molecular flexibility index (Phi) is 8.63. The predicted octanol–water partition coefficient (Wildman–Crippen LogP) is 5.24. The summed E-state index contributed by atoms with van der Waals surface area (Å²) in [5, 5.41) is 0. The summed E-state index contributed by atoms with van der Waals surface area (Å²) in [6, 6.07) is 8.22. The zero-order chi connectivity index (χ0) is 16.2. The van der Waals surface area contributed by atoms with Crippen LogP contribution in [0.1, 0.15) is 57.6 Å². The molecule has 0 aliphatic rings. The highest BCUT2D eigenvalue weighted by Gasteiger charge is 2.01. The minimum atomic E-state index is 0.615. The minimum absolute atomic E-state index is 0.615. The predicted molar refractivity (Wildman–Crippen MR) is 94.3 cm³/mol. The number of benzene rings is 1. The maximum Gasteiger partial charge on any atom is 0.115 e. The van der Waals surface area contributed by atoms with Crippen LogP contribution >= 0.6 is 0 Å². The fraction of sp³-hybridized carbons (Fsp3) is 0.429. The molecule has 0 bridgehead atoms. The van der Waals surface area contributed by atoms with Gasteiger partial charge < -0.3 is 4.74 Å². The van der Waals surface area contributed by atoms with E-state index in [1.807, 2.05) is 19.1 Å². The van der Waals surface area contributed by atoms with E-state index in [1.165, 1.54) is 5.56 Å². The third-order valence-corrected chi connectivity index (χ3v) is 3.41. The van der Waals surface area contributed by atoms with Crippen molar-refractivity contribution in [3.8, 4) is 23.9 Å². The first-order chi connectivity index (χ1) is 10.7. The lowest BCUT2D eigenvalue weighted by molar-refractivity contribution is 0.299. The summed E-state index contributed by atoms with van der Waals surface area (Å²) >= 11 is 0. The van der Waals surface area contributed by atoms with Gasteiger partial charge in [-0.15, -0.1) is 0 Å². The van der Waals surface area contributed by atoms with Crippen LogP contribution in [0.5, 0.6) is 0 Å². The Hall–Kier alpha value is -2.12. The molecular formula is C21H26O. The van der Waals surface area contributed by atoms with Crippen LogP contribution in [-0.4, -0.2) is 6.61 Å². The third kappa shape index (κ3) is 6.11. The summed E-state index contributed by atoms with van der Waals surface area (Å²) in [6.45, 7) is 8.98. The molecular weight excluding hydrogens is 268 g/mol. The van der Waals surface area contributed by atoms with Crippen LogP contribution in [0.25, 0.3) is 0 Å². The summed E-state index contributed by atoms with van der Waals surface area (Å²) in [6.07, 6.45) is 6.95. The van der Waals surface area contributed by atoms with Gasteiger partial charge in [0.2, 0.25) is 0 Å². The molecule has 0 saturated heterocycles. The van der Waals surface area contributed by atoms with Crippen molar-refractivity contribution in [2.75, 3.05) is 6.61 Å². The number of unbranched alkanes of at least 4 members (excludes halogenated alkanes) is 1. The van der Waals surface area contributed by atoms with Gasteiger partial charge in [0.25, 0.3) is 0 Å². The van der Waals surface area contributed by atoms with Crippen LogP contribution in [0.2, 0.25) is 0 Å². The monoisotopic (exact) mass is 294 g/mol. The smallest absolute Gasteiger partial charge is 0.115 e. The highest BCUT2D eigenvalue weighted by atomic mass is 16.5. The van der Waals surface area contributed by atoms with Crippen molar-refractivity contribution in [2.24, 2.45) is 0 Å². The highest BCUT2D eigenvalue weighted by Crippen LogP contribution is 2.15. The first-order valence-electron chi connectivity index (χ1n) is 8.15. The summed E-state index contributed by atoms with van der Waals surface area (Å²) in [7, 11) is 0. The van der Waals surface area contributed by atoms with E-state index in [-0.39, 0.29) is 0 Å². The molecule has 1 aromatic carbocycles. The Morgan fingerprint density at radius 2 is 1.82 bits per heavy atom. The van der Waals surface area contributed by atoms with E-state index in [0.29, 0.717) is 6.61 Å². The second kappa shape index (κ2) is 10.6. The number of ether oxygens (including phenoxy) is 1. The molecule has 0 saturated carbocycles. The zero-order valence-corrected chi connectivity index (χ0v) is 14.3. The molecule has 0 unspecified atom stereocenters. The van der Waals surface area contributed by atoms with Gasteiger partial charge in [0.05, 0.1) is 6.61 Å². The van der Waals surface area contributed by atoms with E-state index >= 15 is 0 Å². The minimum Gasteiger partial charge on any atom is -0.447 e. The van der Waals surface area contributed by atoms with Gasteiger partial charge in [0.15, 0.2) is 0 Å². The van der Waals surface area contributed by atoms with E-state index in [2.05, 4.69) is 56.8 Å².